The maximum atomic E-state index is 6.16. The van der Waals surface area contributed by atoms with E-state index in [0.29, 0.717) is 0 Å². The normalized spacial score (nSPS) is 11.8. The molecule has 63 heavy (non-hydrogen) atoms. The summed E-state index contributed by atoms with van der Waals surface area (Å²) in [6.07, 6.45) is 0. The molecule has 2 heterocycles. The maximum absolute atomic E-state index is 6.16. The molecule has 0 bridgehead atoms. The molecule has 0 unspecified atom stereocenters. The highest BCUT2D eigenvalue weighted by Crippen LogP contribution is 2.44. The number of hydrogen-bond donors (Lipinski definition) is 0. The number of para-hydroxylation sites is 2. The number of anilines is 3. The van der Waals surface area contributed by atoms with Crippen LogP contribution >= 0.6 is 0 Å². The minimum Gasteiger partial charge on any atom is -0.456 e. The molecule has 0 spiro atoms. The number of aromatic nitrogens is 1. The summed E-state index contributed by atoms with van der Waals surface area (Å²) >= 11 is 0. The molecule has 0 radical (unpaired) electrons. The zero-order valence-electron chi connectivity index (χ0n) is 34.2. The van der Waals surface area contributed by atoms with Gasteiger partial charge in [-0.1, -0.05) is 164 Å². The number of benzene rings is 11. The molecule has 11 aromatic carbocycles. The summed E-state index contributed by atoms with van der Waals surface area (Å²) in [6.45, 7) is 0. The molecule has 0 fully saturated rings. The first-order valence-corrected chi connectivity index (χ1v) is 21.6. The van der Waals surface area contributed by atoms with E-state index >= 15 is 0 Å². The fraction of sp³-hybridized carbons (Fsp3) is 0. The van der Waals surface area contributed by atoms with Crippen LogP contribution in [0.3, 0.4) is 0 Å². The summed E-state index contributed by atoms with van der Waals surface area (Å²) in [4.78, 5) is 2.41. The molecule has 0 N–H and O–H groups in total. The van der Waals surface area contributed by atoms with Crippen molar-refractivity contribution >= 4 is 93.1 Å². The van der Waals surface area contributed by atoms with Crippen molar-refractivity contribution in [3.8, 4) is 27.9 Å². The van der Waals surface area contributed by atoms with Gasteiger partial charge in [-0.2, -0.15) is 0 Å². The van der Waals surface area contributed by atoms with E-state index in [0.717, 1.165) is 61.4 Å². The van der Waals surface area contributed by atoms with Crippen LogP contribution in [0.25, 0.3) is 104 Å². The third-order valence-corrected chi connectivity index (χ3v) is 12.9. The molecule has 0 aliphatic carbocycles. The summed E-state index contributed by atoms with van der Waals surface area (Å²) in [5.74, 6) is 0. The number of fused-ring (bicyclic) bond motifs is 11. The van der Waals surface area contributed by atoms with Crippen LogP contribution in [0.2, 0.25) is 0 Å². The molecule has 0 amide bonds. The van der Waals surface area contributed by atoms with Gasteiger partial charge in [0.2, 0.25) is 0 Å². The lowest BCUT2D eigenvalue weighted by Gasteiger charge is -2.28. The summed E-state index contributed by atoms with van der Waals surface area (Å²) in [6, 6.07) is 83.6. The molecule has 3 heteroatoms. The predicted octanol–water partition coefficient (Wildman–Crippen LogP) is 16.9. The molecule has 13 rings (SSSR count). The Bertz CT molecular complexity index is 3900. The van der Waals surface area contributed by atoms with Gasteiger partial charge in [-0.15, -0.1) is 0 Å². The van der Waals surface area contributed by atoms with Crippen LogP contribution in [0, 0.1) is 0 Å². The second kappa shape index (κ2) is 14.1. The van der Waals surface area contributed by atoms with Gasteiger partial charge in [-0.25, -0.2) is 0 Å². The van der Waals surface area contributed by atoms with Crippen LogP contribution in [0.1, 0.15) is 0 Å². The Balaban J connectivity index is 0.951. The molecular weight excluding hydrogens is 765 g/mol. The lowest BCUT2D eigenvalue weighted by Crippen LogP contribution is -2.10. The van der Waals surface area contributed by atoms with E-state index in [4.69, 9.17) is 4.42 Å². The Morgan fingerprint density at radius 2 is 0.873 bits per heavy atom. The van der Waals surface area contributed by atoms with Crippen molar-refractivity contribution < 1.29 is 4.42 Å². The second-order valence-electron chi connectivity index (χ2n) is 16.5. The SMILES string of the molecule is c1ccc(-n2c3cc(-c4ccc(N(c5ccc(-c6ccc7oc8ccccc8c7c6)cc5)c5cc6ccccc6c6ccccc56)cc4)ccc3c3ccc4ccccc4c32)cc1. The van der Waals surface area contributed by atoms with Crippen LogP contribution in [-0.4, -0.2) is 4.57 Å². The van der Waals surface area contributed by atoms with E-state index < -0.39 is 0 Å². The molecule has 3 nitrogen and oxygen atoms in total. The van der Waals surface area contributed by atoms with Gasteiger partial charge in [0.05, 0.1) is 16.7 Å². The standard InChI is InChI=1S/C60H38N2O/c1-2-14-45(15-3-1)62-57-37-43(27-33-52(57)54-34-26-41-12-4-7-17-49(41)60(54)62)40-24-31-47(32-25-40)61(56-38-44-13-5-6-16-48(44)50-18-8-9-19-51(50)56)46-29-22-39(23-30-46)42-28-35-59-55(36-42)53-20-10-11-21-58(53)63-59/h1-38H. The lowest BCUT2D eigenvalue weighted by molar-refractivity contribution is 0.669. The van der Waals surface area contributed by atoms with Gasteiger partial charge in [0.15, 0.2) is 0 Å². The van der Waals surface area contributed by atoms with Crippen molar-refractivity contribution in [1.29, 1.82) is 0 Å². The van der Waals surface area contributed by atoms with Crippen molar-refractivity contribution in [2.24, 2.45) is 0 Å². The lowest BCUT2D eigenvalue weighted by atomic mass is 9.98. The molecule has 0 saturated carbocycles. The second-order valence-corrected chi connectivity index (χ2v) is 16.5. The largest absolute Gasteiger partial charge is 0.456 e. The monoisotopic (exact) mass is 802 g/mol. The fourth-order valence-electron chi connectivity index (χ4n) is 9.96. The third kappa shape index (κ3) is 5.67. The van der Waals surface area contributed by atoms with E-state index in [2.05, 4.69) is 228 Å². The summed E-state index contributed by atoms with van der Waals surface area (Å²) in [7, 11) is 0. The maximum Gasteiger partial charge on any atom is 0.135 e. The van der Waals surface area contributed by atoms with Crippen LogP contribution in [-0.2, 0) is 0 Å². The average molecular weight is 803 g/mol. The summed E-state index contributed by atoms with van der Waals surface area (Å²) in [5, 5.41) is 12.2. The van der Waals surface area contributed by atoms with Gasteiger partial charge in [-0.05, 0) is 111 Å². The molecule has 294 valence electrons. The highest BCUT2D eigenvalue weighted by Gasteiger charge is 2.20. The molecule has 0 saturated heterocycles. The van der Waals surface area contributed by atoms with Gasteiger partial charge in [0.1, 0.15) is 11.2 Å². The quantitative estimate of drug-likeness (QED) is 0.156. The van der Waals surface area contributed by atoms with Crippen LogP contribution in [0.5, 0.6) is 0 Å². The van der Waals surface area contributed by atoms with Crippen molar-refractivity contribution in [3.63, 3.8) is 0 Å². The minimum atomic E-state index is 0.904. The molecule has 0 aliphatic heterocycles. The van der Waals surface area contributed by atoms with E-state index in [-0.39, 0.29) is 0 Å². The molecular formula is C60H38N2O. The molecule has 13 aromatic rings. The third-order valence-electron chi connectivity index (χ3n) is 12.9. The van der Waals surface area contributed by atoms with Crippen molar-refractivity contribution in [3.05, 3.63) is 231 Å². The predicted molar refractivity (Wildman–Crippen MR) is 266 cm³/mol. The number of rotatable bonds is 6. The van der Waals surface area contributed by atoms with Crippen molar-refractivity contribution in [2.45, 2.75) is 0 Å². The minimum absolute atomic E-state index is 0.904. The number of hydrogen-bond acceptors (Lipinski definition) is 2. The van der Waals surface area contributed by atoms with Crippen LogP contribution in [0.15, 0.2) is 235 Å². The fourth-order valence-corrected chi connectivity index (χ4v) is 9.96. The summed E-state index contributed by atoms with van der Waals surface area (Å²) < 4.78 is 8.60. The number of nitrogens with zero attached hydrogens (tertiary/aromatic N) is 2. The Kier molecular flexibility index (Phi) is 7.91. The van der Waals surface area contributed by atoms with Gasteiger partial charge in [0, 0.05) is 49.4 Å². The first-order chi connectivity index (χ1) is 31.2. The van der Waals surface area contributed by atoms with Crippen molar-refractivity contribution in [1.82, 2.24) is 4.57 Å². The Labute approximate surface area is 363 Å². The number of furan rings is 1. The van der Waals surface area contributed by atoms with E-state index in [1.807, 2.05) is 12.1 Å². The van der Waals surface area contributed by atoms with Crippen LogP contribution < -0.4 is 4.90 Å². The van der Waals surface area contributed by atoms with Gasteiger partial charge >= 0.3 is 0 Å². The highest BCUT2D eigenvalue weighted by molar-refractivity contribution is 6.19. The molecule has 0 atom stereocenters. The van der Waals surface area contributed by atoms with E-state index in [9.17, 15) is 0 Å². The van der Waals surface area contributed by atoms with Gasteiger partial charge < -0.3 is 13.9 Å². The smallest absolute Gasteiger partial charge is 0.135 e. The summed E-state index contributed by atoms with van der Waals surface area (Å²) in [5.41, 5.74) is 13.4. The first-order valence-electron chi connectivity index (χ1n) is 21.6. The van der Waals surface area contributed by atoms with Gasteiger partial charge in [-0.3, -0.25) is 0 Å². The van der Waals surface area contributed by atoms with Crippen molar-refractivity contribution in [2.75, 3.05) is 4.90 Å². The van der Waals surface area contributed by atoms with Crippen LogP contribution in [0.4, 0.5) is 17.1 Å². The Morgan fingerprint density at radius 1 is 0.317 bits per heavy atom. The Morgan fingerprint density at radius 3 is 1.63 bits per heavy atom. The zero-order chi connectivity index (χ0) is 41.4. The zero-order valence-corrected chi connectivity index (χ0v) is 34.2. The molecule has 0 aliphatic rings. The highest BCUT2D eigenvalue weighted by atomic mass is 16.3. The van der Waals surface area contributed by atoms with E-state index in [1.54, 1.807) is 0 Å². The van der Waals surface area contributed by atoms with E-state index in [1.165, 1.54) is 59.7 Å². The first kappa shape index (κ1) is 35.4. The topological polar surface area (TPSA) is 21.3 Å². The van der Waals surface area contributed by atoms with Gasteiger partial charge in [0.25, 0.3) is 0 Å². The Hall–Kier alpha value is -8.40. The average Bonchev–Trinajstić information content (AvgIpc) is 3.90. The molecule has 2 aromatic heterocycles.